The van der Waals surface area contributed by atoms with Gasteiger partial charge in [0.1, 0.15) is 16.4 Å². The highest BCUT2D eigenvalue weighted by Gasteiger charge is 2.16. The van der Waals surface area contributed by atoms with E-state index in [-0.39, 0.29) is 11.5 Å². The molecule has 0 spiro atoms. The van der Waals surface area contributed by atoms with E-state index in [0.717, 1.165) is 0 Å². The Hall–Kier alpha value is -1.88. The predicted octanol–water partition coefficient (Wildman–Crippen LogP) is 2.71. The van der Waals surface area contributed by atoms with Gasteiger partial charge in [0, 0.05) is 5.56 Å². The van der Waals surface area contributed by atoms with Crippen molar-refractivity contribution in [3.63, 3.8) is 0 Å². The molecule has 1 heterocycles. The maximum Gasteiger partial charge on any atom is 0.206 e. The Balaban J connectivity index is 2.40. The Kier molecular flexibility index (Phi) is 3.10. The maximum absolute atomic E-state index is 13.0. The molecule has 0 aliphatic rings. The summed E-state index contributed by atoms with van der Waals surface area (Å²) in [5.74, 6) is -0.230. The number of halogens is 1. The number of nitrogen functional groups attached to an aromatic ring is 1. The highest BCUT2D eigenvalue weighted by atomic mass is 32.1. The lowest BCUT2D eigenvalue weighted by atomic mass is 10.1. The number of methoxy groups -OCH3 is 1. The topological polar surface area (TPSA) is 52.3 Å². The average Bonchev–Trinajstić information content (AvgIpc) is 2.80. The number of anilines is 1. The third kappa shape index (κ3) is 2.14. The Bertz CT molecular complexity index is 565. The average molecular weight is 251 g/mol. The number of benzene rings is 1. The Labute approximate surface area is 102 Å². The first-order chi connectivity index (χ1) is 8.13. The molecule has 0 radical (unpaired) electrons. The fourth-order valence-corrected chi connectivity index (χ4v) is 2.26. The van der Waals surface area contributed by atoms with Crippen LogP contribution in [0.5, 0.6) is 5.75 Å². The number of ketones is 1. The van der Waals surface area contributed by atoms with Crippen molar-refractivity contribution in [2.75, 3.05) is 12.8 Å². The Morgan fingerprint density at radius 2 is 2.18 bits per heavy atom. The number of nitrogens with two attached hydrogens (primary N) is 1. The van der Waals surface area contributed by atoms with Gasteiger partial charge in [0.25, 0.3) is 0 Å². The zero-order chi connectivity index (χ0) is 12.4. The molecule has 88 valence electrons. The van der Waals surface area contributed by atoms with Crippen LogP contribution in [0.3, 0.4) is 0 Å². The lowest BCUT2D eigenvalue weighted by Gasteiger charge is -2.03. The monoisotopic (exact) mass is 251 g/mol. The molecule has 1 aromatic heterocycles. The molecule has 0 aliphatic carbocycles. The summed E-state index contributed by atoms with van der Waals surface area (Å²) in [5, 5.41) is 1.76. The summed E-state index contributed by atoms with van der Waals surface area (Å²) in [6, 6.07) is 5.64. The fraction of sp³-hybridized carbons (Fsp3) is 0.0833. The fourth-order valence-electron chi connectivity index (χ4n) is 1.44. The summed E-state index contributed by atoms with van der Waals surface area (Å²) in [5.41, 5.74) is 5.74. The number of rotatable bonds is 3. The number of hydrogen-bond acceptors (Lipinski definition) is 4. The quantitative estimate of drug-likeness (QED) is 0.674. The SMILES string of the molecule is COc1ccsc1C(=O)c1ccc(F)c(N)c1. The minimum atomic E-state index is -0.528. The molecule has 0 atom stereocenters. The number of ether oxygens (including phenoxy) is 1. The van der Waals surface area contributed by atoms with Gasteiger partial charge in [0.15, 0.2) is 0 Å². The molecule has 3 nitrogen and oxygen atoms in total. The van der Waals surface area contributed by atoms with Gasteiger partial charge in [-0.25, -0.2) is 4.39 Å². The number of carbonyl (C=O) groups excluding carboxylic acids is 1. The van der Waals surface area contributed by atoms with Crippen LogP contribution in [0.25, 0.3) is 0 Å². The van der Waals surface area contributed by atoms with Gasteiger partial charge < -0.3 is 10.5 Å². The molecule has 2 N–H and O–H groups in total. The van der Waals surface area contributed by atoms with Crippen LogP contribution in [0.4, 0.5) is 10.1 Å². The molecule has 5 heteroatoms. The maximum atomic E-state index is 13.0. The van der Waals surface area contributed by atoms with Gasteiger partial charge in [-0.15, -0.1) is 11.3 Å². The molecular weight excluding hydrogens is 241 g/mol. The minimum Gasteiger partial charge on any atom is -0.495 e. The summed E-state index contributed by atoms with van der Waals surface area (Å²) < 4.78 is 18.1. The van der Waals surface area contributed by atoms with Crippen molar-refractivity contribution in [2.24, 2.45) is 0 Å². The van der Waals surface area contributed by atoms with E-state index in [0.29, 0.717) is 16.2 Å². The van der Waals surface area contributed by atoms with Gasteiger partial charge in [-0.05, 0) is 29.6 Å². The second-order valence-electron chi connectivity index (χ2n) is 3.38. The van der Waals surface area contributed by atoms with Crippen molar-refractivity contribution >= 4 is 22.8 Å². The van der Waals surface area contributed by atoms with Gasteiger partial charge in [0.05, 0.1) is 12.8 Å². The first kappa shape index (κ1) is 11.6. The summed E-state index contributed by atoms with van der Waals surface area (Å²) in [7, 11) is 1.50. The largest absolute Gasteiger partial charge is 0.495 e. The molecule has 1 aromatic carbocycles. The van der Waals surface area contributed by atoms with Gasteiger partial charge >= 0.3 is 0 Å². The highest BCUT2D eigenvalue weighted by molar-refractivity contribution is 7.12. The van der Waals surface area contributed by atoms with Crippen LogP contribution >= 0.6 is 11.3 Å². The van der Waals surface area contributed by atoms with Gasteiger partial charge in [-0.1, -0.05) is 0 Å². The lowest BCUT2D eigenvalue weighted by Crippen LogP contribution is -2.02. The molecule has 17 heavy (non-hydrogen) atoms. The van der Waals surface area contributed by atoms with Gasteiger partial charge in [-0.3, -0.25) is 4.79 Å². The van der Waals surface area contributed by atoms with Gasteiger partial charge in [0.2, 0.25) is 5.78 Å². The third-order valence-electron chi connectivity index (χ3n) is 2.31. The van der Waals surface area contributed by atoms with E-state index in [9.17, 15) is 9.18 Å². The van der Waals surface area contributed by atoms with Crippen LogP contribution in [-0.4, -0.2) is 12.9 Å². The molecule has 0 saturated heterocycles. The standard InChI is InChI=1S/C12H10FNO2S/c1-16-10-4-5-17-12(10)11(15)7-2-3-8(13)9(14)6-7/h2-6H,14H2,1H3. The third-order valence-corrected chi connectivity index (χ3v) is 3.21. The Morgan fingerprint density at radius 1 is 1.41 bits per heavy atom. The summed E-state index contributed by atoms with van der Waals surface area (Å²) in [4.78, 5) is 12.6. The molecule has 0 unspecified atom stereocenters. The van der Waals surface area contributed by atoms with E-state index in [1.807, 2.05) is 0 Å². The first-order valence-electron chi connectivity index (χ1n) is 4.84. The zero-order valence-corrected chi connectivity index (χ0v) is 9.88. The second-order valence-corrected chi connectivity index (χ2v) is 4.30. The van der Waals surface area contributed by atoms with E-state index in [1.165, 1.54) is 36.6 Å². The van der Waals surface area contributed by atoms with Crippen molar-refractivity contribution in [3.05, 3.63) is 45.9 Å². The van der Waals surface area contributed by atoms with Crippen molar-refractivity contribution in [1.82, 2.24) is 0 Å². The minimum absolute atomic E-state index is 0.0358. The molecule has 0 bridgehead atoms. The Morgan fingerprint density at radius 3 is 2.82 bits per heavy atom. The normalized spacial score (nSPS) is 10.2. The van der Waals surface area contributed by atoms with E-state index < -0.39 is 5.82 Å². The van der Waals surface area contributed by atoms with E-state index in [1.54, 1.807) is 11.4 Å². The molecule has 0 saturated carbocycles. The van der Waals surface area contributed by atoms with E-state index in [2.05, 4.69) is 0 Å². The molecule has 2 rings (SSSR count). The molecule has 0 fully saturated rings. The van der Waals surface area contributed by atoms with E-state index >= 15 is 0 Å². The molecule has 0 amide bonds. The zero-order valence-electron chi connectivity index (χ0n) is 9.07. The van der Waals surface area contributed by atoms with Crippen LogP contribution < -0.4 is 10.5 Å². The highest BCUT2D eigenvalue weighted by Crippen LogP contribution is 2.27. The predicted molar refractivity (Wildman–Crippen MR) is 65.1 cm³/mol. The van der Waals surface area contributed by atoms with Gasteiger partial charge in [-0.2, -0.15) is 0 Å². The summed E-state index contributed by atoms with van der Waals surface area (Å²) >= 11 is 1.28. The number of thiophene rings is 1. The van der Waals surface area contributed by atoms with Crippen LogP contribution in [0.1, 0.15) is 15.2 Å². The lowest BCUT2D eigenvalue weighted by molar-refractivity contribution is 0.104. The number of hydrogen-bond donors (Lipinski definition) is 1. The van der Waals surface area contributed by atoms with Crippen molar-refractivity contribution in [2.45, 2.75) is 0 Å². The van der Waals surface area contributed by atoms with Crippen molar-refractivity contribution in [1.29, 1.82) is 0 Å². The molecule has 2 aromatic rings. The van der Waals surface area contributed by atoms with Crippen LogP contribution in [0, 0.1) is 5.82 Å². The summed E-state index contributed by atoms with van der Waals surface area (Å²) in [6.07, 6.45) is 0. The van der Waals surface area contributed by atoms with Crippen molar-refractivity contribution in [3.8, 4) is 5.75 Å². The van der Waals surface area contributed by atoms with Crippen molar-refractivity contribution < 1.29 is 13.9 Å². The van der Waals surface area contributed by atoms with Crippen LogP contribution in [0.15, 0.2) is 29.6 Å². The van der Waals surface area contributed by atoms with Crippen LogP contribution in [-0.2, 0) is 0 Å². The second kappa shape index (κ2) is 4.55. The smallest absolute Gasteiger partial charge is 0.206 e. The molecular formula is C12H10FNO2S. The molecule has 0 aliphatic heterocycles. The number of carbonyl (C=O) groups is 1. The first-order valence-corrected chi connectivity index (χ1v) is 5.72. The van der Waals surface area contributed by atoms with E-state index in [4.69, 9.17) is 10.5 Å². The van der Waals surface area contributed by atoms with Crippen LogP contribution in [0.2, 0.25) is 0 Å². The summed E-state index contributed by atoms with van der Waals surface area (Å²) in [6.45, 7) is 0.